The molecular weight excluding hydrogens is 253 g/mol. The van der Waals surface area contributed by atoms with E-state index in [1.165, 1.54) is 24.0 Å². The minimum absolute atomic E-state index is 0.771. The summed E-state index contributed by atoms with van der Waals surface area (Å²) in [5.74, 6) is 0.771. The molecule has 0 heterocycles. The Morgan fingerprint density at radius 2 is 1.94 bits per heavy atom. The molecule has 0 aromatic heterocycles. The Hall–Kier alpha value is -0.240. The van der Waals surface area contributed by atoms with Crippen LogP contribution in [0.1, 0.15) is 30.4 Å². The summed E-state index contributed by atoms with van der Waals surface area (Å²) in [6, 6.07) is 6.26. The zero-order valence-corrected chi connectivity index (χ0v) is 12.2. The van der Waals surface area contributed by atoms with E-state index < -0.39 is 0 Å². The predicted octanol–water partition coefficient (Wildman–Crippen LogP) is 4.49. The molecule has 0 aliphatic rings. The van der Waals surface area contributed by atoms with Gasteiger partial charge in [0.2, 0.25) is 0 Å². The van der Waals surface area contributed by atoms with E-state index in [1.807, 2.05) is 6.07 Å². The smallest absolute Gasteiger partial charge is 0.0453 e. The minimum atomic E-state index is 0.771. The van der Waals surface area contributed by atoms with Crippen LogP contribution in [0.25, 0.3) is 0 Å². The van der Waals surface area contributed by atoms with Crippen molar-refractivity contribution in [3.63, 3.8) is 0 Å². The van der Waals surface area contributed by atoms with Gasteiger partial charge in [-0.1, -0.05) is 30.2 Å². The Kier molecular flexibility index (Phi) is 6.94. The van der Waals surface area contributed by atoms with Crippen molar-refractivity contribution in [2.24, 2.45) is 0 Å². The highest BCUT2D eigenvalue weighted by Crippen LogP contribution is 2.19. The number of hydrogen-bond donors (Lipinski definition) is 0. The van der Waals surface area contributed by atoms with Crippen LogP contribution >= 0.6 is 23.2 Å². The van der Waals surface area contributed by atoms with Gasteiger partial charge in [-0.2, -0.15) is 0 Å². The lowest BCUT2D eigenvalue weighted by Crippen LogP contribution is -2.19. The molecule has 1 rings (SSSR count). The SMILES string of the molecule is Cc1ccc(CN(C)CCCCCCl)c(Cl)c1. The summed E-state index contributed by atoms with van der Waals surface area (Å²) in [7, 11) is 2.14. The Balaban J connectivity index is 2.37. The monoisotopic (exact) mass is 273 g/mol. The van der Waals surface area contributed by atoms with Gasteiger partial charge in [0.25, 0.3) is 0 Å². The topological polar surface area (TPSA) is 3.24 Å². The number of rotatable bonds is 7. The van der Waals surface area contributed by atoms with Gasteiger partial charge < -0.3 is 4.90 Å². The summed E-state index contributed by atoms with van der Waals surface area (Å²) >= 11 is 11.9. The third-order valence-electron chi connectivity index (χ3n) is 2.82. The van der Waals surface area contributed by atoms with Crippen LogP contribution in [0.4, 0.5) is 0 Å². The third kappa shape index (κ3) is 5.76. The first-order valence-electron chi connectivity index (χ1n) is 6.13. The molecular formula is C14H21Cl2N. The van der Waals surface area contributed by atoms with E-state index in [9.17, 15) is 0 Å². The normalized spacial score (nSPS) is 11.1. The zero-order chi connectivity index (χ0) is 12.7. The van der Waals surface area contributed by atoms with Crippen LogP contribution in [0.15, 0.2) is 18.2 Å². The van der Waals surface area contributed by atoms with E-state index in [0.29, 0.717) is 0 Å². The highest BCUT2D eigenvalue weighted by Gasteiger charge is 2.04. The zero-order valence-electron chi connectivity index (χ0n) is 10.7. The molecule has 0 N–H and O–H groups in total. The standard InChI is InChI=1S/C14H21Cl2N/c1-12-6-7-13(14(16)10-12)11-17(2)9-5-3-4-8-15/h6-7,10H,3-5,8-9,11H2,1-2H3. The summed E-state index contributed by atoms with van der Waals surface area (Å²) in [4.78, 5) is 2.31. The van der Waals surface area contributed by atoms with E-state index in [-0.39, 0.29) is 0 Å². The summed E-state index contributed by atoms with van der Waals surface area (Å²) in [5, 5.41) is 0.873. The summed E-state index contributed by atoms with van der Waals surface area (Å²) in [5.41, 5.74) is 2.42. The number of alkyl halides is 1. The minimum Gasteiger partial charge on any atom is -0.302 e. The molecule has 0 aliphatic carbocycles. The lowest BCUT2D eigenvalue weighted by Gasteiger charge is -2.17. The Morgan fingerprint density at radius 1 is 1.18 bits per heavy atom. The van der Waals surface area contributed by atoms with Crippen molar-refractivity contribution in [1.82, 2.24) is 4.90 Å². The van der Waals surface area contributed by atoms with Crippen LogP contribution in [0, 0.1) is 6.92 Å². The Bertz CT molecular complexity index is 339. The summed E-state index contributed by atoms with van der Waals surface area (Å²) in [6.07, 6.45) is 3.52. The van der Waals surface area contributed by atoms with Gasteiger partial charge in [-0.15, -0.1) is 11.6 Å². The second-order valence-corrected chi connectivity index (χ2v) is 5.37. The van der Waals surface area contributed by atoms with E-state index >= 15 is 0 Å². The molecule has 17 heavy (non-hydrogen) atoms. The maximum absolute atomic E-state index is 6.21. The van der Waals surface area contributed by atoms with Gasteiger partial charge in [0.05, 0.1) is 0 Å². The highest BCUT2D eigenvalue weighted by molar-refractivity contribution is 6.31. The fourth-order valence-corrected chi connectivity index (χ4v) is 2.29. The van der Waals surface area contributed by atoms with Gasteiger partial charge in [-0.3, -0.25) is 0 Å². The van der Waals surface area contributed by atoms with Crippen LogP contribution in [-0.4, -0.2) is 24.4 Å². The molecule has 0 amide bonds. The van der Waals surface area contributed by atoms with E-state index in [2.05, 4.69) is 31.0 Å². The number of nitrogens with zero attached hydrogens (tertiary/aromatic N) is 1. The molecule has 1 aromatic carbocycles. The van der Waals surface area contributed by atoms with Crippen molar-refractivity contribution in [2.75, 3.05) is 19.5 Å². The fraction of sp³-hybridized carbons (Fsp3) is 0.571. The molecule has 0 unspecified atom stereocenters. The van der Waals surface area contributed by atoms with Crippen molar-refractivity contribution in [1.29, 1.82) is 0 Å². The largest absolute Gasteiger partial charge is 0.302 e. The van der Waals surface area contributed by atoms with E-state index in [4.69, 9.17) is 23.2 Å². The Morgan fingerprint density at radius 3 is 2.59 bits per heavy atom. The predicted molar refractivity (Wildman–Crippen MR) is 77.1 cm³/mol. The fourth-order valence-electron chi connectivity index (χ4n) is 1.80. The highest BCUT2D eigenvalue weighted by atomic mass is 35.5. The van der Waals surface area contributed by atoms with Gasteiger partial charge in [0.15, 0.2) is 0 Å². The molecule has 0 bridgehead atoms. The first-order chi connectivity index (χ1) is 8.13. The first-order valence-corrected chi connectivity index (χ1v) is 7.04. The van der Waals surface area contributed by atoms with Gasteiger partial charge in [0, 0.05) is 17.4 Å². The second-order valence-electron chi connectivity index (χ2n) is 4.58. The van der Waals surface area contributed by atoms with Crippen molar-refractivity contribution in [3.8, 4) is 0 Å². The number of benzene rings is 1. The van der Waals surface area contributed by atoms with Crippen LogP contribution in [0.5, 0.6) is 0 Å². The summed E-state index contributed by atoms with van der Waals surface area (Å²) in [6.45, 7) is 4.08. The molecule has 3 heteroatoms. The summed E-state index contributed by atoms with van der Waals surface area (Å²) < 4.78 is 0. The molecule has 0 saturated heterocycles. The van der Waals surface area contributed by atoms with Crippen molar-refractivity contribution in [3.05, 3.63) is 34.3 Å². The number of hydrogen-bond acceptors (Lipinski definition) is 1. The molecule has 0 saturated carbocycles. The number of aryl methyl sites for hydroxylation is 1. The number of halogens is 2. The Labute approximate surface area is 115 Å². The maximum atomic E-state index is 6.21. The lowest BCUT2D eigenvalue weighted by molar-refractivity contribution is 0.318. The van der Waals surface area contributed by atoms with Gasteiger partial charge in [0.1, 0.15) is 0 Å². The van der Waals surface area contributed by atoms with Gasteiger partial charge in [-0.05, 0) is 50.6 Å². The van der Waals surface area contributed by atoms with Crippen molar-refractivity contribution < 1.29 is 0 Å². The molecule has 96 valence electrons. The first kappa shape index (κ1) is 14.8. The quantitative estimate of drug-likeness (QED) is 0.523. The average Bonchev–Trinajstić information content (AvgIpc) is 2.28. The average molecular weight is 274 g/mol. The van der Waals surface area contributed by atoms with Crippen LogP contribution in [0.2, 0.25) is 5.02 Å². The van der Waals surface area contributed by atoms with Crippen molar-refractivity contribution in [2.45, 2.75) is 32.7 Å². The molecule has 0 radical (unpaired) electrons. The second kappa shape index (κ2) is 7.97. The molecule has 0 fully saturated rings. The van der Waals surface area contributed by atoms with Crippen LogP contribution in [-0.2, 0) is 6.54 Å². The van der Waals surface area contributed by atoms with Gasteiger partial charge in [-0.25, -0.2) is 0 Å². The molecule has 0 spiro atoms. The third-order valence-corrected chi connectivity index (χ3v) is 3.44. The molecule has 1 nitrogen and oxygen atoms in total. The molecule has 1 aromatic rings. The van der Waals surface area contributed by atoms with E-state index in [0.717, 1.165) is 30.4 Å². The number of unbranched alkanes of at least 4 members (excludes halogenated alkanes) is 2. The van der Waals surface area contributed by atoms with E-state index in [1.54, 1.807) is 0 Å². The van der Waals surface area contributed by atoms with Crippen LogP contribution < -0.4 is 0 Å². The molecule has 0 atom stereocenters. The lowest BCUT2D eigenvalue weighted by atomic mass is 10.1. The van der Waals surface area contributed by atoms with Crippen LogP contribution in [0.3, 0.4) is 0 Å². The maximum Gasteiger partial charge on any atom is 0.0453 e. The van der Waals surface area contributed by atoms with Gasteiger partial charge >= 0.3 is 0 Å². The molecule has 0 aliphatic heterocycles. The van der Waals surface area contributed by atoms with Crippen molar-refractivity contribution >= 4 is 23.2 Å².